The van der Waals surface area contributed by atoms with Crippen molar-refractivity contribution >= 4 is 34.7 Å². The Labute approximate surface area is 133 Å². The average Bonchev–Trinajstić information content (AvgIpc) is 3.17. The van der Waals surface area contributed by atoms with E-state index >= 15 is 0 Å². The highest BCUT2D eigenvalue weighted by atomic mass is 32.1. The molecular formula is C16H19NO2S2. The molecule has 2 heterocycles. The summed E-state index contributed by atoms with van der Waals surface area (Å²) in [6.07, 6.45) is 4.97. The number of hydrogen-bond acceptors (Lipinski definition) is 4. The molecule has 0 aliphatic heterocycles. The highest BCUT2D eigenvalue weighted by Crippen LogP contribution is 2.24. The summed E-state index contributed by atoms with van der Waals surface area (Å²) < 4.78 is 0. The Balaban J connectivity index is 1.75. The molecule has 21 heavy (non-hydrogen) atoms. The molecule has 1 atom stereocenters. The molecule has 0 unspecified atom stereocenters. The Kier molecular flexibility index (Phi) is 6.66. The zero-order valence-corrected chi connectivity index (χ0v) is 13.3. The van der Waals surface area contributed by atoms with Gasteiger partial charge in [-0.05, 0) is 58.7 Å². The highest BCUT2D eigenvalue weighted by Gasteiger charge is 2.11. The molecule has 0 bridgehead atoms. The van der Waals surface area contributed by atoms with Crippen molar-refractivity contribution in [3.63, 3.8) is 0 Å². The van der Waals surface area contributed by atoms with Gasteiger partial charge in [0.05, 0.1) is 0 Å². The number of carbonyl (C=O) groups is 1. The molecule has 5 heteroatoms. The molecule has 3 nitrogen and oxygen atoms in total. The summed E-state index contributed by atoms with van der Waals surface area (Å²) in [6.45, 7) is 0.793. The largest absolute Gasteiger partial charge is 0.396 e. The van der Waals surface area contributed by atoms with Gasteiger partial charge in [0.15, 0.2) is 0 Å². The fourth-order valence-corrected chi connectivity index (χ4v) is 3.47. The Morgan fingerprint density at radius 3 is 2.90 bits per heavy atom. The van der Waals surface area contributed by atoms with Crippen LogP contribution in [-0.4, -0.2) is 24.2 Å². The number of aliphatic hydroxyl groups is 1. The van der Waals surface area contributed by atoms with E-state index < -0.39 is 0 Å². The lowest BCUT2D eigenvalue weighted by Crippen LogP contribution is -2.23. The maximum Gasteiger partial charge on any atom is 0.244 e. The Bertz CT molecular complexity index is 547. The first kappa shape index (κ1) is 15.9. The molecule has 2 aromatic rings. The van der Waals surface area contributed by atoms with Crippen LogP contribution in [0, 0.1) is 0 Å². The van der Waals surface area contributed by atoms with Gasteiger partial charge >= 0.3 is 0 Å². The van der Waals surface area contributed by atoms with Gasteiger partial charge < -0.3 is 10.4 Å². The molecule has 2 N–H and O–H groups in total. The standard InChI is InChI=1S/C16H19NO2S2/c18-9-6-13(14-7-11-20-12-14)5-8-17-16(19)4-3-15-2-1-10-21-15/h1-4,7,10-13,18H,5-6,8-9H2,(H,17,19)/b4-3+/t13-/m0/s1. The molecule has 2 rings (SSSR count). The molecule has 2 aromatic heterocycles. The van der Waals surface area contributed by atoms with Crippen LogP contribution in [0.5, 0.6) is 0 Å². The Hall–Kier alpha value is -1.43. The van der Waals surface area contributed by atoms with E-state index in [4.69, 9.17) is 5.11 Å². The lowest BCUT2D eigenvalue weighted by molar-refractivity contribution is -0.116. The smallest absolute Gasteiger partial charge is 0.244 e. The summed E-state index contributed by atoms with van der Waals surface area (Å²) in [5, 5.41) is 18.2. The molecule has 0 fully saturated rings. The minimum Gasteiger partial charge on any atom is -0.396 e. The van der Waals surface area contributed by atoms with Crippen LogP contribution >= 0.6 is 22.7 Å². The molecule has 0 spiro atoms. The normalized spacial score (nSPS) is 12.6. The van der Waals surface area contributed by atoms with Gasteiger partial charge in [-0.1, -0.05) is 6.07 Å². The van der Waals surface area contributed by atoms with Gasteiger partial charge in [0.2, 0.25) is 5.91 Å². The van der Waals surface area contributed by atoms with E-state index in [2.05, 4.69) is 16.8 Å². The predicted octanol–water partition coefficient (Wildman–Crippen LogP) is 3.50. The van der Waals surface area contributed by atoms with Crippen molar-refractivity contribution in [3.8, 4) is 0 Å². The van der Waals surface area contributed by atoms with Crippen molar-refractivity contribution < 1.29 is 9.90 Å². The summed E-state index contributed by atoms with van der Waals surface area (Å²) >= 11 is 3.27. The number of thiophene rings is 2. The van der Waals surface area contributed by atoms with Gasteiger partial charge in [-0.15, -0.1) is 11.3 Å². The first-order chi connectivity index (χ1) is 10.3. The van der Waals surface area contributed by atoms with Crippen LogP contribution < -0.4 is 5.32 Å². The van der Waals surface area contributed by atoms with Crippen molar-refractivity contribution in [2.24, 2.45) is 0 Å². The van der Waals surface area contributed by atoms with Crippen LogP contribution in [0.1, 0.15) is 29.2 Å². The molecule has 0 aliphatic carbocycles. The predicted molar refractivity (Wildman–Crippen MR) is 89.7 cm³/mol. The lowest BCUT2D eigenvalue weighted by atomic mass is 9.95. The van der Waals surface area contributed by atoms with Crippen molar-refractivity contribution in [1.29, 1.82) is 0 Å². The summed E-state index contributed by atoms with van der Waals surface area (Å²) in [5.74, 6) is 0.235. The number of nitrogens with one attached hydrogen (secondary N) is 1. The summed E-state index contributed by atoms with van der Waals surface area (Å²) in [7, 11) is 0. The maximum atomic E-state index is 11.7. The minimum absolute atomic E-state index is 0.0727. The highest BCUT2D eigenvalue weighted by molar-refractivity contribution is 7.10. The second-order valence-corrected chi connectivity index (χ2v) is 6.45. The first-order valence-electron chi connectivity index (χ1n) is 6.92. The van der Waals surface area contributed by atoms with Crippen molar-refractivity contribution in [3.05, 3.63) is 50.9 Å². The van der Waals surface area contributed by atoms with Crippen molar-refractivity contribution in [1.82, 2.24) is 5.32 Å². The van der Waals surface area contributed by atoms with E-state index in [0.717, 1.165) is 17.7 Å². The van der Waals surface area contributed by atoms with Gasteiger partial charge in [-0.3, -0.25) is 4.79 Å². The molecule has 112 valence electrons. The van der Waals surface area contributed by atoms with Crippen LogP contribution in [0.4, 0.5) is 0 Å². The molecule has 1 amide bonds. The average molecular weight is 321 g/mol. The van der Waals surface area contributed by atoms with Gasteiger partial charge in [-0.2, -0.15) is 11.3 Å². The monoisotopic (exact) mass is 321 g/mol. The maximum absolute atomic E-state index is 11.7. The van der Waals surface area contributed by atoms with E-state index in [1.165, 1.54) is 5.56 Å². The topological polar surface area (TPSA) is 49.3 Å². The van der Waals surface area contributed by atoms with Crippen LogP contribution in [0.15, 0.2) is 40.4 Å². The van der Waals surface area contributed by atoms with Crippen molar-refractivity contribution in [2.45, 2.75) is 18.8 Å². The van der Waals surface area contributed by atoms with E-state index in [0.29, 0.717) is 12.5 Å². The lowest BCUT2D eigenvalue weighted by Gasteiger charge is -2.14. The quantitative estimate of drug-likeness (QED) is 0.731. The number of rotatable bonds is 8. The Morgan fingerprint density at radius 1 is 1.33 bits per heavy atom. The molecular weight excluding hydrogens is 302 g/mol. The number of hydrogen-bond donors (Lipinski definition) is 2. The third kappa shape index (κ3) is 5.46. The van der Waals surface area contributed by atoms with Crippen molar-refractivity contribution in [2.75, 3.05) is 13.2 Å². The van der Waals surface area contributed by atoms with Crippen LogP contribution in [0.3, 0.4) is 0 Å². The van der Waals surface area contributed by atoms with Gasteiger partial charge in [0, 0.05) is 24.1 Å². The summed E-state index contributed by atoms with van der Waals surface area (Å²) in [4.78, 5) is 12.8. The number of aliphatic hydroxyl groups excluding tert-OH is 1. The van der Waals surface area contributed by atoms with Crippen LogP contribution in [0.25, 0.3) is 6.08 Å². The fraction of sp³-hybridized carbons (Fsp3) is 0.312. The second kappa shape index (κ2) is 8.77. The molecule has 0 aromatic carbocycles. The SMILES string of the molecule is O=C(/C=C/c1cccs1)NCC[C@@H](CCO)c1ccsc1. The van der Waals surface area contributed by atoms with E-state index in [1.54, 1.807) is 28.7 Å². The fourth-order valence-electron chi connectivity index (χ4n) is 2.11. The number of amides is 1. The molecule has 0 aliphatic rings. The van der Waals surface area contributed by atoms with Crippen LogP contribution in [0.2, 0.25) is 0 Å². The molecule has 0 saturated heterocycles. The van der Waals surface area contributed by atoms with E-state index in [-0.39, 0.29) is 12.5 Å². The third-order valence-corrected chi connectivity index (χ3v) is 4.77. The van der Waals surface area contributed by atoms with Gasteiger partial charge in [-0.25, -0.2) is 0 Å². The van der Waals surface area contributed by atoms with E-state index in [9.17, 15) is 4.79 Å². The second-order valence-electron chi connectivity index (χ2n) is 4.69. The summed E-state index contributed by atoms with van der Waals surface area (Å²) in [6, 6.07) is 6.02. The first-order valence-corrected chi connectivity index (χ1v) is 8.74. The van der Waals surface area contributed by atoms with Gasteiger partial charge in [0.25, 0.3) is 0 Å². The van der Waals surface area contributed by atoms with E-state index in [1.807, 2.05) is 29.0 Å². The van der Waals surface area contributed by atoms with Crippen LogP contribution in [-0.2, 0) is 4.79 Å². The Morgan fingerprint density at radius 2 is 2.24 bits per heavy atom. The summed E-state index contributed by atoms with van der Waals surface area (Å²) in [5.41, 5.74) is 1.25. The zero-order valence-electron chi connectivity index (χ0n) is 11.7. The van der Waals surface area contributed by atoms with Gasteiger partial charge in [0.1, 0.15) is 0 Å². The molecule has 0 radical (unpaired) electrons. The zero-order chi connectivity index (χ0) is 14.9. The third-order valence-electron chi connectivity index (χ3n) is 3.23. The minimum atomic E-state index is -0.0727. The molecule has 0 saturated carbocycles. The number of carbonyl (C=O) groups excluding carboxylic acids is 1.